The van der Waals surface area contributed by atoms with Gasteiger partial charge in [0.1, 0.15) is 16.7 Å². The van der Waals surface area contributed by atoms with Crippen LogP contribution in [0.25, 0.3) is 16.6 Å². The molecule has 2 aliphatic heterocycles. The number of esters is 2. The van der Waals surface area contributed by atoms with Crippen molar-refractivity contribution in [1.29, 1.82) is 0 Å². The van der Waals surface area contributed by atoms with E-state index in [9.17, 15) is 38.7 Å². The molecule has 0 aliphatic carbocycles. The maximum absolute atomic E-state index is 12.2. The fraction of sp³-hybridized carbons (Fsp3) is 0.326. The number of nitrogens with one attached hydrogen (secondary N) is 1. The summed E-state index contributed by atoms with van der Waals surface area (Å²) in [5.74, 6) is -2.31. The first-order valence-electron chi connectivity index (χ1n) is 20.6. The molecule has 0 saturated carbocycles. The summed E-state index contributed by atoms with van der Waals surface area (Å²) >= 11 is 5.84. The molecule has 2 aliphatic rings. The number of aliphatic hydroxyl groups is 1. The molecule has 0 atom stereocenters. The number of halogens is 1. The van der Waals surface area contributed by atoms with Crippen LogP contribution in [0.5, 0.6) is 0 Å². The number of morpholine rings is 2. The number of rotatable bonds is 9. The van der Waals surface area contributed by atoms with E-state index < -0.39 is 34.6 Å². The first-order chi connectivity index (χ1) is 31.5. The van der Waals surface area contributed by atoms with Crippen LogP contribution in [-0.2, 0) is 31.4 Å². The van der Waals surface area contributed by atoms with Gasteiger partial charge in [0, 0.05) is 69.9 Å². The number of ether oxygens (including phenoxy) is 4. The van der Waals surface area contributed by atoms with Gasteiger partial charge in [0.15, 0.2) is 6.29 Å². The Morgan fingerprint density at radius 2 is 1.12 bits per heavy atom. The summed E-state index contributed by atoms with van der Waals surface area (Å²) in [6.45, 7) is 11.2. The number of nitrogens with zero attached hydrogens (tertiary/aromatic N) is 4. The number of hydrogen-bond donors (Lipinski definition) is 3. The molecular weight excluding hydrogens is 866 g/mol. The lowest BCUT2D eigenvalue weighted by Gasteiger charge is -2.27. The number of carboxylic acids is 1. The Morgan fingerprint density at radius 1 is 0.677 bits per heavy atom. The highest BCUT2D eigenvalue weighted by atomic mass is 35.5. The van der Waals surface area contributed by atoms with Crippen LogP contribution < -0.4 is 22.0 Å². The minimum Gasteiger partial charge on any atom is -0.477 e. The summed E-state index contributed by atoms with van der Waals surface area (Å²) in [4.78, 5) is 84.1. The van der Waals surface area contributed by atoms with Crippen molar-refractivity contribution < 1.29 is 48.3 Å². The van der Waals surface area contributed by atoms with Crippen LogP contribution in [0.4, 0.5) is 0 Å². The second kappa shape index (κ2) is 26.3. The van der Waals surface area contributed by atoms with Crippen LogP contribution in [-0.4, -0.2) is 125 Å². The average Bonchev–Trinajstić information content (AvgIpc) is 3.35. The minimum atomic E-state index is -1.19. The highest BCUT2D eigenvalue weighted by Crippen LogP contribution is 2.16. The number of hydrogen-bond acceptors (Lipinski definition) is 14. The van der Waals surface area contributed by atoms with Crippen molar-refractivity contribution in [3.05, 3.63) is 156 Å². The molecule has 2 fully saturated rings. The van der Waals surface area contributed by atoms with Crippen LogP contribution in [0, 0.1) is 0 Å². The number of pyridine rings is 6. The second-order valence-corrected chi connectivity index (χ2v) is 14.0. The number of aromatic carboxylic acids is 1. The second-order valence-electron chi connectivity index (χ2n) is 13.7. The molecular formula is C46H52ClN5O13. The molecule has 8 rings (SSSR count). The van der Waals surface area contributed by atoms with E-state index in [-0.39, 0.29) is 41.3 Å². The topological polar surface area (TPSA) is 225 Å². The standard InChI is InChI=1S/C15H16N2O4.C13H12ClNO3.C13H11NO4.C4H9NO.CH4O/c18-14-12(15(19)20)9-11(10-16-5-7-21-8-6-16)13-3-1-2-4-17(13)14;1-2-18-13(17)10-7-9(8-14)11-5-3-4-6-15(11)12(10)16;1-2-18-13(17)10-7-9(8-15)11-5-3-4-6-14(11)12(10)16;1-3-6-4-2-5-1;1-2/h1-4,9H,5-8,10H2,(H,19,20);3-7H,2,8H2,1H3;3-8H,2H2,1H3;5H,1-4H2;2H,1H3. The van der Waals surface area contributed by atoms with Gasteiger partial charge in [-0.15, -0.1) is 11.6 Å². The third kappa shape index (κ3) is 13.5. The van der Waals surface area contributed by atoms with E-state index in [0.29, 0.717) is 37.1 Å². The molecule has 3 N–H and O–H groups in total. The number of aliphatic hydroxyl groups excluding tert-OH is 1. The van der Waals surface area contributed by atoms with Crippen LogP contribution >= 0.6 is 11.6 Å². The molecule has 2 saturated heterocycles. The monoisotopic (exact) mass is 917 g/mol. The molecule has 0 amide bonds. The molecule has 0 spiro atoms. The van der Waals surface area contributed by atoms with Gasteiger partial charge >= 0.3 is 17.9 Å². The van der Waals surface area contributed by atoms with E-state index in [0.717, 1.165) is 63.1 Å². The fourth-order valence-corrected chi connectivity index (χ4v) is 6.84. The Bertz CT molecular complexity index is 2730. The number of carbonyl (C=O) groups is 4. The van der Waals surface area contributed by atoms with Gasteiger partial charge in [0.05, 0.1) is 56.2 Å². The van der Waals surface area contributed by atoms with E-state index in [4.69, 9.17) is 35.7 Å². The van der Waals surface area contributed by atoms with E-state index in [1.807, 2.05) is 18.2 Å². The van der Waals surface area contributed by atoms with Gasteiger partial charge in [-0.2, -0.15) is 0 Å². The van der Waals surface area contributed by atoms with E-state index in [2.05, 4.69) is 10.2 Å². The molecule has 0 aromatic carbocycles. The smallest absolute Gasteiger partial charge is 0.343 e. The summed E-state index contributed by atoms with van der Waals surface area (Å²) < 4.78 is 24.0. The summed E-state index contributed by atoms with van der Waals surface area (Å²) in [7, 11) is 1.00. The number of aldehydes is 1. The third-order valence-corrected chi connectivity index (χ3v) is 9.94. The van der Waals surface area contributed by atoms with E-state index >= 15 is 0 Å². The number of aromatic nitrogens is 3. The zero-order chi connectivity index (χ0) is 47.3. The van der Waals surface area contributed by atoms with Gasteiger partial charge in [0.25, 0.3) is 16.7 Å². The van der Waals surface area contributed by atoms with Gasteiger partial charge in [-0.1, -0.05) is 18.2 Å². The molecule has 0 radical (unpaired) electrons. The molecule has 19 heteroatoms. The lowest BCUT2D eigenvalue weighted by atomic mass is 10.1. The summed E-state index contributed by atoms with van der Waals surface area (Å²) in [6.07, 6.45) is 5.33. The quantitative estimate of drug-likeness (QED) is 0.107. The minimum absolute atomic E-state index is 0.0104. The third-order valence-electron chi connectivity index (χ3n) is 9.65. The molecule has 65 heavy (non-hydrogen) atoms. The SMILES string of the molecule is C1COCCN1.CCOC(=O)c1cc(C=O)c2ccccn2c1=O.CCOC(=O)c1cc(CCl)c2ccccn2c1=O.CO.O=C(O)c1cc(CN2CCOCC2)c2ccccn2c1=O. The van der Waals surface area contributed by atoms with Crippen molar-refractivity contribution in [2.75, 3.05) is 72.9 Å². The Kier molecular flexibility index (Phi) is 20.7. The fourth-order valence-electron chi connectivity index (χ4n) is 6.63. The van der Waals surface area contributed by atoms with Crippen molar-refractivity contribution in [1.82, 2.24) is 23.4 Å². The lowest BCUT2D eigenvalue weighted by molar-refractivity contribution is 0.0343. The Hall–Kier alpha value is -6.54. The Labute approximate surface area is 378 Å². The number of alkyl halides is 1. The van der Waals surface area contributed by atoms with E-state index in [1.165, 1.54) is 37.6 Å². The Balaban J connectivity index is 0.000000197. The predicted molar refractivity (Wildman–Crippen MR) is 243 cm³/mol. The average molecular weight is 918 g/mol. The van der Waals surface area contributed by atoms with Crippen LogP contribution in [0.1, 0.15) is 66.4 Å². The molecule has 18 nitrogen and oxygen atoms in total. The van der Waals surface area contributed by atoms with Gasteiger partial charge in [-0.05, 0) is 79.6 Å². The maximum atomic E-state index is 12.2. The van der Waals surface area contributed by atoms with Crippen LogP contribution in [0.3, 0.4) is 0 Å². The molecule has 0 unspecified atom stereocenters. The van der Waals surface area contributed by atoms with Crippen molar-refractivity contribution in [2.45, 2.75) is 26.3 Å². The largest absolute Gasteiger partial charge is 0.477 e. The molecule has 346 valence electrons. The van der Waals surface area contributed by atoms with Gasteiger partial charge in [-0.25, -0.2) is 14.4 Å². The summed E-state index contributed by atoms with van der Waals surface area (Å²) in [5.41, 5.74) is 2.06. The first-order valence-corrected chi connectivity index (χ1v) is 21.1. The normalized spacial score (nSPS) is 13.3. The van der Waals surface area contributed by atoms with Crippen molar-refractivity contribution in [3.8, 4) is 0 Å². The molecule has 6 aromatic heterocycles. The number of carboxylic acid groups (broad SMARTS) is 1. The van der Waals surface area contributed by atoms with Crippen LogP contribution in [0.2, 0.25) is 0 Å². The van der Waals surface area contributed by atoms with Gasteiger partial charge < -0.3 is 34.5 Å². The number of fused-ring (bicyclic) bond motifs is 3. The summed E-state index contributed by atoms with van der Waals surface area (Å²) in [5, 5.41) is 19.4. The highest BCUT2D eigenvalue weighted by Gasteiger charge is 2.19. The molecule has 0 bridgehead atoms. The zero-order valence-electron chi connectivity index (χ0n) is 36.3. The van der Waals surface area contributed by atoms with E-state index in [1.54, 1.807) is 62.6 Å². The van der Waals surface area contributed by atoms with Crippen LogP contribution in [0.15, 0.2) is 106 Å². The lowest BCUT2D eigenvalue weighted by Crippen LogP contribution is -2.36. The van der Waals surface area contributed by atoms with Gasteiger partial charge in [-0.3, -0.25) is 37.3 Å². The first kappa shape index (κ1) is 51.1. The van der Waals surface area contributed by atoms with Gasteiger partial charge in [0.2, 0.25) is 0 Å². The number of carbonyl (C=O) groups excluding carboxylic acids is 3. The summed E-state index contributed by atoms with van der Waals surface area (Å²) in [6, 6.07) is 20.0. The predicted octanol–water partition coefficient (Wildman–Crippen LogP) is 3.55. The van der Waals surface area contributed by atoms with Crippen molar-refractivity contribution in [3.63, 3.8) is 0 Å². The highest BCUT2D eigenvalue weighted by molar-refractivity contribution is 6.17. The molecule has 6 aromatic rings. The Morgan fingerprint density at radius 3 is 1.57 bits per heavy atom. The maximum Gasteiger partial charge on any atom is 0.343 e. The zero-order valence-corrected chi connectivity index (χ0v) is 37.0. The molecule has 8 heterocycles. The van der Waals surface area contributed by atoms with Crippen molar-refractivity contribution >= 4 is 52.3 Å². The van der Waals surface area contributed by atoms with Crippen molar-refractivity contribution in [2.24, 2.45) is 0 Å².